The molecule has 0 unspecified atom stereocenters. The van der Waals surface area contributed by atoms with Crippen molar-refractivity contribution in [2.24, 2.45) is 7.05 Å². The lowest BCUT2D eigenvalue weighted by Crippen LogP contribution is -2.10. The molecule has 0 fully saturated rings. The smallest absolute Gasteiger partial charge is 0.357 e. The molecule has 0 amide bonds. The summed E-state index contributed by atoms with van der Waals surface area (Å²) in [6.45, 7) is 1.52. The zero-order valence-electron chi connectivity index (χ0n) is 10.1. The maximum atomic E-state index is 13.9. The first-order valence-corrected chi connectivity index (χ1v) is 5.14. The Bertz CT molecular complexity index is 609. The lowest BCUT2D eigenvalue weighted by Gasteiger charge is -2.05. The third-order valence-corrected chi connectivity index (χ3v) is 2.54. The number of rotatable bonds is 2. The first-order chi connectivity index (χ1) is 8.56. The van der Waals surface area contributed by atoms with Crippen molar-refractivity contribution in [3.8, 4) is 11.3 Å². The maximum Gasteiger partial charge on any atom is 0.357 e. The molecule has 0 aromatic carbocycles. The third-order valence-electron chi connectivity index (χ3n) is 2.54. The van der Waals surface area contributed by atoms with Crippen LogP contribution < -0.4 is 0 Å². The van der Waals surface area contributed by atoms with Crippen LogP contribution in [0.4, 0.5) is 4.39 Å². The van der Waals surface area contributed by atoms with E-state index in [1.165, 1.54) is 31.2 Å². The second-order valence-electron chi connectivity index (χ2n) is 3.64. The van der Waals surface area contributed by atoms with Crippen molar-refractivity contribution >= 4 is 5.97 Å². The largest absolute Gasteiger partial charge is 0.464 e. The van der Waals surface area contributed by atoms with E-state index in [2.05, 4.69) is 19.8 Å². The van der Waals surface area contributed by atoms with Crippen molar-refractivity contribution in [2.75, 3.05) is 7.11 Å². The summed E-state index contributed by atoms with van der Waals surface area (Å²) in [6.07, 6.45) is 2.61. The number of ether oxygens (including phenoxy) is 1. The summed E-state index contributed by atoms with van der Waals surface area (Å²) < 4.78 is 19.9. The van der Waals surface area contributed by atoms with Crippen LogP contribution in [0.15, 0.2) is 12.5 Å². The fourth-order valence-electron chi connectivity index (χ4n) is 1.60. The van der Waals surface area contributed by atoms with Crippen molar-refractivity contribution in [1.29, 1.82) is 0 Å². The van der Waals surface area contributed by atoms with Gasteiger partial charge in [-0.15, -0.1) is 0 Å². The highest BCUT2D eigenvalue weighted by atomic mass is 19.1. The molecule has 0 spiro atoms. The van der Waals surface area contributed by atoms with Gasteiger partial charge in [-0.05, 0) is 6.92 Å². The molecule has 18 heavy (non-hydrogen) atoms. The highest BCUT2D eigenvalue weighted by Crippen LogP contribution is 2.25. The molecule has 6 nitrogen and oxygen atoms in total. The number of halogens is 1. The predicted octanol–water partition coefficient (Wildman–Crippen LogP) is 1.11. The molecule has 0 atom stereocenters. The zero-order valence-corrected chi connectivity index (χ0v) is 10.1. The highest BCUT2D eigenvalue weighted by molar-refractivity contribution is 5.94. The molecular weight excluding hydrogens is 239 g/mol. The van der Waals surface area contributed by atoms with Gasteiger partial charge in [0, 0.05) is 7.05 Å². The Labute approximate surface area is 102 Å². The number of aryl methyl sites for hydroxylation is 2. The van der Waals surface area contributed by atoms with E-state index in [1.54, 1.807) is 7.05 Å². The highest BCUT2D eigenvalue weighted by Gasteiger charge is 2.22. The molecule has 0 aliphatic carbocycles. The first kappa shape index (κ1) is 12.2. The summed E-state index contributed by atoms with van der Waals surface area (Å²) in [5, 5.41) is 3.92. The average Bonchev–Trinajstić information content (AvgIpc) is 2.73. The number of carbonyl (C=O) groups is 1. The monoisotopic (exact) mass is 250 g/mol. The van der Waals surface area contributed by atoms with Crippen molar-refractivity contribution in [3.63, 3.8) is 0 Å². The number of carbonyl (C=O) groups excluding carboxylic acids is 1. The Balaban J connectivity index is 2.65. The van der Waals surface area contributed by atoms with E-state index < -0.39 is 11.8 Å². The molecule has 0 radical (unpaired) electrons. The molecule has 2 aromatic heterocycles. The Morgan fingerprint density at radius 1 is 1.44 bits per heavy atom. The Morgan fingerprint density at radius 3 is 2.83 bits per heavy atom. The van der Waals surface area contributed by atoms with Gasteiger partial charge in [-0.25, -0.2) is 19.2 Å². The SMILES string of the molecule is COC(=O)c1c(-c2ncnc(C)c2F)cnn1C. The number of aromatic nitrogens is 4. The second kappa shape index (κ2) is 4.52. The topological polar surface area (TPSA) is 69.9 Å². The number of esters is 1. The van der Waals surface area contributed by atoms with E-state index in [0.29, 0.717) is 0 Å². The quantitative estimate of drug-likeness (QED) is 0.747. The molecule has 0 N–H and O–H groups in total. The Hall–Kier alpha value is -2.31. The molecule has 0 saturated heterocycles. The fourth-order valence-corrected chi connectivity index (χ4v) is 1.60. The summed E-state index contributed by atoms with van der Waals surface area (Å²) in [4.78, 5) is 19.2. The van der Waals surface area contributed by atoms with Crippen molar-refractivity contribution in [2.45, 2.75) is 6.92 Å². The summed E-state index contributed by atoms with van der Waals surface area (Å²) in [5.74, 6) is -1.17. The van der Waals surface area contributed by atoms with Gasteiger partial charge in [0.1, 0.15) is 12.0 Å². The fraction of sp³-hybridized carbons (Fsp3) is 0.273. The van der Waals surface area contributed by atoms with Crippen LogP contribution in [0.5, 0.6) is 0 Å². The van der Waals surface area contributed by atoms with Crippen molar-refractivity contribution in [1.82, 2.24) is 19.7 Å². The van der Waals surface area contributed by atoms with Gasteiger partial charge in [0.15, 0.2) is 11.5 Å². The van der Waals surface area contributed by atoms with Gasteiger partial charge in [-0.2, -0.15) is 5.10 Å². The summed E-state index contributed by atoms with van der Waals surface area (Å²) in [7, 11) is 2.82. The van der Waals surface area contributed by atoms with Gasteiger partial charge in [0.25, 0.3) is 0 Å². The normalized spacial score (nSPS) is 10.4. The molecular formula is C11H11FN4O2. The lowest BCUT2D eigenvalue weighted by atomic mass is 10.1. The minimum atomic E-state index is -0.597. The molecule has 7 heteroatoms. The Kier molecular flexibility index (Phi) is 3.05. The molecule has 0 aliphatic heterocycles. The van der Waals surface area contributed by atoms with Gasteiger partial charge < -0.3 is 4.74 Å². The van der Waals surface area contributed by atoms with Gasteiger partial charge in [-0.1, -0.05) is 0 Å². The predicted molar refractivity (Wildman–Crippen MR) is 60.3 cm³/mol. The minimum Gasteiger partial charge on any atom is -0.464 e. The molecule has 0 bridgehead atoms. The van der Waals surface area contributed by atoms with Crippen LogP contribution in [0.3, 0.4) is 0 Å². The van der Waals surface area contributed by atoms with Crippen molar-refractivity contribution < 1.29 is 13.9 Å². The maximum absolute atomic E-state index is 13.9. The van der Waals surface area contributed by atoms with E-state index in [-0.39, 0.29) is 22.6 Å². The van der Waals surface area contributed by atoms with Gasteiger partial charge in [0.05, 0.1) is 24.6 Å². The van der Waals surface area contributed by atoms with Crippen molar-refractivity contribution in [3.05, 3.63) is 29.7 Å². The number of hydrogen-bond donors (Lipinski definition) is 0. The number of nitrogens with zero attached hydrogens (tertiary/aromatic N) is 4. The van der Waals surface area contributed by atoms with Crippen LogP contribution in [0.25, 0.3) is 11.3 Å². The summed E-state index contributed by atoms with van der Waals surface area (Å²) in [5.41, 5.74) is 0.678. The molecule has 94 valence electrons. The molecule has 0 aliphatic rings. The zero-order chi connectivity index (χ0) is 13.3. The molecule has 2 heterocycles. The van der Waals surface area contributed by atoms with Crippen LogP contribution >= 0.6 is 0 Å². The van der Waals surface area contributed by atoms with Gasteiger partial charge >= 0.3 is 5.97 Å². The third kappa shape index (κ3) is 1.83. The summed E-state index contributed by atoms with van der Waals surface area (Å²) >= 11 is 0. The number of methoxy groups -OCH3 is 1. The lowest BCUT2D eigenvalue weighted by molar-refractivity contribution is 0.0589. The van der Waals surface area contributed by atoms with Crippen LogP contribution in [0.1, 0.15) is 16.2 Å². The van der Waals surface area contributed by atoms with E-state index >= 15 is 0 Å². The van der Waals surface area contributed by atoms with Gasteiger partial charge in [0.2, 0.25) is 0 Å². The van der Waals surface area contributed by atoms with E-state index in [1.807, 2.05) is 0 Å². The summed E-state index contributed by atoms with van der Waals surface area (Å²) in [6, 6.07) is 0. The van der Waals surface area contributed by atoms with Crippen LogP contribution in [-0.2, 0) is 11.8 Å². The van der Waals surface area contributed by atoms with E-state index in [9.17, 15) is 9.18 Å². The minimum absolute atomic E-state index is 0.0380. The molecule has 2 rings (SSSR count). The number of hydrogen-bond acceptors (Lipinski definition) is 5. The van der Waals surface area contributed by atoms with Crippen LogP contribution in [0, 0.1) is 12.7 Å². The van der Waals surface area contributed by atoms with E-state index in [0.717, 1.165) is 0 Å². The van der Waals surface area contributed by atoms with Crippen LogP contribution in [-0.4, -0.2) is 32.8 Å². The van der Waals surface area contributed by atoms with Gasteiger partial charge in [-0.3, -0.25) is 4.68 Å². The Morgan fingerprint density at radius 2 is 2.17 bits per heavy atom. The van der Waals surface area contributed by atoms with Crippen LogP contribution in [0.2, 0.25) is 0 Å². The second-order valence-corrected chi connectivity index (χ2v) is 3.64. The standard InChI is InChI=1S/C11H11FN4O2/c1-6-8(12)9(14-5-13-6)7-4-15-16(2)10(7)11(17)18-3/h4-5H,1-3H3. The average molecular weight is 250 g/mol. The first-order valence-electron chi connectivity index (χ1n) is 5.14. The van der Waals surface area contributed by atoms with E-state index in [4.69, 9.17) is 0 Å². The molecule has 2 aromatic rings. The molecule has 0 saturated carbocycles.